The lowest BCUT2D eigenvalue weighted by atomic mass is 9.95. The second-order valence-corrected chi connectivity index (χ2v) is 6.32. The Morgan fingerprint density at radius 1 is 1.04 bits per heavy atom. The van der Waals surface area contributed by atoms with Gasteiger partial charge in [-0.1, -0.05) is 18.2 Å². The van der Waals surface area contributed by atoms with Gasteiger partial charge in [0.05, 0.1) is 12.1 Å². The molecule has 2 aliphatic rings. The van der Waals surface area contributed by atoms with Crippen molar-refractivity contribution in [3.63, 3.8) is 0 Å². The molecule has 0 bridgehead atoms. The Kier molecular flexibility index (Phi) is 4.23. The number of alkyl halides is 3. The van der Waals surface area contributed by atoms with Gasteiger partial charge in [0, 0.05) is 12.1 Å². The van der Waals surface area contributed by atoms with Crippen LogP contribution in [0.3, 0.4) is 0 Å². The molecule has 0 saturated carbocycles. The molecule has 2 aromatic carbocycles. The fourth-order valence-electron chi connectivity index (χ4n) is 3.21. The molecule has 9 heteroatoms. The minimum atomic E-state index is -4.35. The van der Waals surface area contributed by atoms with E-state index in [0.29, 0.717) is 30.8 Å². The largest absolute Gasteiger partial charge is 0.416 e. The van der Waals surface area contributed by atoms with Crippen molar-refractivity contribution in [1.82, 2.24) is 16.5 Å². The molecule has 0 aliphatic carbocycles. The van der Waals surface area contributed by atoms with Gasteiger partial charge < -0.3 is 4.90 Å². The van der Waals surface area contributed by atoms with Gasteiger partial charge in [-0.15, -0.1) is 10.6 Å². The third-order valence-electron chi connectivity index (χ3n) is 4.59. The van der Waals surface area contributed by atoms with Gasteiger partial charge in [-0.05, 0) is 47.4 Å². The average Bonchev–Trinajstić information content (AvgIpc) is 3.16. The standard InChI is InChI=1S/C18H16F3N5O/c19-18(20,21)14-5-1-11(2-6-14)12-3-7-15-13(9-12)4-8-17(27)26(15)10-16-22-24-25-23-16/h1-3,5-7,9,24-25H,4,8,10H2,(H,22,23). The van der Waals surface area contributed by atoms with E-state index in [1.807, 2.05) is 18.2 Å². The molecule has 0 atom stereocenters. The van der Waals surface area contributed by atoms with Crippen molar-refractivity contribution in [3.8, 4) is 11.1 Å². The van der Waals surface area contributed by atoms with Gasteiger partial charge in [0.15, 0.2) is 5.84 Å². The van der Waals surface area contributed by atoms with Crippen LogP contribution >= 0.6 is 0 Å². The van der Waals surface area contributed by atoms with Gasteiger partial charge in [-0.3, -0.25) is 10.2 Å². The summed E-state index contributed by atoms with van der Waals surface area (Å²) in [5.74, 6) is 0.587. The lowest BCUT2D eigenvalue weighted by Gasteiger charge is -2.29. The van der Waals surface area contributed by atoms with Crippen molar-refractivity contribution < 1.29 is 18.0 Å². The van der Waals surface area contributed by atoms with E-state index in [2.05, 4.69) is 21.6 Å². The molecule has 0 aromatic heterocycles. The smallest absolute Gasteiger partial charge is 0.304 e. The fraction of sp³-hybridized carbons (Fsp3) is 0.222. The van der Waals surface area contributed by atoms with Crippen LogP contribution in [0.5, 0.6) is 0 Å². The molecule has 2 heterocycles. The molecule has 1 amide bonds. The van der Waals surface area contributed by atoms with Crippen molar-refractivity contribution in [2.24, 2.45) is 5.10 Å². The van der Waals surface area contributed by atoms with Crippen LogP contribution in [-0.4, -0.2) is 18.3 Å². The second kappa shape index (κ2) is 6.58. The van der Waals surface area contributed by atoms with E-state index in [1.54, 1.807) is 4.90 Å². The molecule has 3 N–H and O–H groups in total. The average molecular weight is 375 g/mol. The highest BCUT2D eigenvalue weighted by Gasteiger charge is 2.30. The number of rotatable bonds is 3. The number of benzene rings is 2. The van der Waals surface area contributed by atoms with E-state index in [4.69, 9.17) is 0 Å². The monoisotopic (exact) mass is 375 g/mol. The lowest BCUT2D eigenvalue weighted by Crippen LogP contribution is -2.44. The molecule has 0 radical (unpaired) electrons. The fourth-order valence-corrected chi connectivity index (χ4v) is 3.21. The van der Waals surface area contributed by atoms with Gasteiger partial charge >= 0.3 is 6.18 Å². The van der Waals surface area contributed by atoms with Crippen molar-refractivity contribution in [2.45, 2.75) is 19.0 Å². The third kappa shape index (κ3) is 3.45. The maximum absolute atomic E-state index is 12.7. The zero-order valence-corrected chi connectivity index (χ0v) is 14.1. The summed E-state index contributed by atoms with van der Waals surface area (Å²) < 4.78 is 38.2. The molecule has 6 nitrogen and oxygen atoms in total. The molecule has 2 aromatic rings. The number of hydrazone groups is 1. The summed E-state index contributed by atoms with van der Waals surface area (Å²) in [6.45, 7) is 0.297. The van der Waals surface area contributed by atoms with E-state index in [-0.39, 0.29) is 5.91 Å². The molecule has 27 heavy (non-hydrogen) atoms. The first-order chi connectivity index (χ1) is 12.9. The molecule has 0 fully saturated rings. The van der Waals surface area contributed by atoms with Gasteiger partial charge in [0.1, 0.15) is 0 Å². The van der Waals surface area contributed by atoms with Crippen molar-refractivity contribution in [1.29, 1.82) is 0 Å². The number of halogens is 3. The van der Waals surface area contributed by atoms with Gasteiger partial charge in [-0.2, -0.15) is 13.2 Å². The van der Waals surface area contributed by atoms with Crippen molar-refractivity contribution >= 4 is 17.4 Å². The van der Waals surface area contributed by atoms with Crippen LogP contribution in [-0.2, 0) is 17.4 Å². The summed E-state index contributed by atoms with van der Waals surface area (Å²) in [6, 6.07) is 10.7. The zero-order chi connectivity index (χ0) is 19.0. The third-order valence-corrected chi connectivity index (χ3v) is 4.59. The summed E-state index contributed by atoms with van der Waals surface area (Å²) in [5.41, 5.74) is 10.6. The number of amidine groups is 1. The molecular weight excluding hydrogens is 359 g/mol. The van der Waals surface area contributed by atoms with Crippen LogP contribution in [0.15, 0.2) is 47.6 Å². The number of hydrazine groups is 2. The van der Waals surface area contributed by atoms with E-state index in [0.717, 1.165) is 28.9 Å². The second-order valence-electron chi connectivity index (χ2n) is 6.32. The molecule has 0 unspecified atom stereocenters. The zero-order valence-electron chi connectivity index (χ0n) is 14.1. The Morgan fingerprint density at radius 3 is 2.44 bits per heavy atom. The first-order valence-corrected chi connectivity index (χ1v) is 8.35. The Bertz CT molecular complexity index is 908. The Labute approximate surface area is 153 Å². The first-order valence-electron chi connectivity index (χ1n) is 8.35. The molecule has 0 spiro atoms. The predicted octanol–water partition coefficient (Wildman–Crippen LogP) is 2.58. The van der Waals surface area contributed by atoms with Gasteiger partial charge in [0.25, 0.3) is 0 Å². The van der Waals surface area contributed by atoms with Crippen LogP contribution < -0.4 is 21.4 Å². The van der Waals surface area contributed by atoms with Crippen molar-refractivity contribution in [2.75, 3.05) is 11.4 Å². The Hall–Kier alpha value is -3.07. The number of carbonyl (C=O) groups is 1. The highest BCUT2D eigenvalue weighted by molar-refractivity contribution is 6.02. The van der Waals surface area contributed by atoms with Crippen LogP contribution in [0.25, 0.3) is 11.1 Å². The molecule has 4 rings (SSSR count). The number of anilines is 1. The minimum absolute atomic E-state index is 0.00109. The Morgan fingerprint density at radius 2 is 1.78 bits per heavy atom. The van der Waals surface area contributed by atoms with E-state index in [1.165, 1.54) is 12.1 Å². The number of fused-ring (bicyclic) bond motifs is 1. The maximum atomic E-state index is 12.7. The number of aryl methyl sites for hydroxylation is 1. The topological polar surface area (TPSA) is 68.8 Å². The number of hydrogen-bond acceptors (Lipinski definition) is 5. The molecular formula is C18H16F3N5O. The van der Waals surface area contributed by atoms with Crippen LogP contribution in [0.1, 0.15) is 17.5 Å². The van der Waals surface area contributed by atoms with Crippen LogP contribution in [0, 0.1) is 0 Å². The SMILES string of the molecule is O=C1CCc2cc(-c3ccc(C(F)(F)F)cc3)ccc2N1CC1=NNNN1. The van der Waals surface area contributed by atoms with E-state index < -0.39 is 11.7 Å². The highest BCUT2D eigenvalue weighted by atomic mass is 19.4. The number of nitrogens with zero attached hydrogens (tertiary/aromatic N) is 2. The normalized spacial score (nSPS) is 16.5. The summed E-state index contributed by atoms with van der Waals surface area (Å²) in [4.78, 5) is 14.0. The quantitative estimate of drug-likeness (QED) is 0.771. The van der Waals surface area contributed by atoms with E-state index >= 15 is 0 Å². The number of nitrogens with one attached hydrogen (secondary N) is 3. The van der Waals surface area contributed by atoms with E-state index in [9.17, 15) is 18.0 Å². The minimum Gasteiger partial charge on any atom is -0.304 e. The summed E-state index contributed by atoms with van der Waals surface area (Å²) in [5, 5.41) is 3.99. The number of carbonyl (C=O) groups excluding carboxylic acids is 1. The summed E-state index contributed by atoms with van der Waals surface area (Å²) >= 11 is 0. The molecule has 2 aliphatic heterocycles. The predicted molar refractivity (Wildman–Crippen MR) is 94.4 cm³/mol. The molecule has 0 saturated heterocycles. The Balaban J connectivity index is 1.62. The maximum Gasteiger partial charge on any atom is 0.416 e. The summed E-state index contributed by atoms with van der Waals surface area (Å²) in [7, 11) is 0. The van der Waals surface area contributed by atoms with Crippen LogP contribution in [0.2, 0.25) is 0 Å². The van der Waals surface area contributed by atoms with Crippen molar-refractivity contribution in [3.05, 3.63) is 53.6 Å². The highest BCUT2D eigenvalue weighted by Crippen LogP contribution is 2.34. The molecule has 140 valence electrons. The number of hydrogen-bond donors (Lipinski definition) is 3. The van der Waals surface area contributed by atoms with Gasteiger partial charge in [-0.25, -0.2) is 5.53 Å². The van der Waals surface area contributed by atoms with Gasteiger partial charge in [0.2, 0.25) is 5.91 Å². The lowest BCUT2D eigenvalue weighted by molar-refractivity contribution is -0.137. The number of amides is 1. The van der Waals surface area contributed by atoms with Crippen LogP contribution in [0.4, 0.5) is 18.9 Å². The first kappa shape index (κ1) is 17.3. The summed E-state index contributed by atoms with van der Waals surface area (Å²) in [6.07, 6.45) is -3.39.